The molecule has 0 aliphatic carbocycles. The molecule has 0 saturated carbocycles. The van der Waals surface area contributed by atoms with Gasteiger partial charge in [0, 0.05) is 16.6 Å². The third-order valence-electron chi connectivity index (χ3n) is 9.58. The molecule has 0 atom stereocenters. The monoisotopic (exact) mass is 1230 g/mol. The number of aromatic hydroxyl groups is 2. The van der Waals surface area contributed by atoms with Crippen LogP contribution in [0.2, 0.25) is 0 Å². The lowest BCUT2D eigenvalue weighted by molar-refractivity contribution is -0.129. The van der Waals surface area contributed by atoms with Crippen LogP contribution in [0.5, 0.6) is 23.0 Å². The number of esters is 2. The van der Waals surface area contributed by atoms with Gasteiger partial charge in [-0.3, -0.25) is 0 Å². The van der Waals surface area contributed by atoms with Crippen molar-refractivity contribution >= 4 is 97.8 Å². The van der Waals surface area contributed by atoms with Crippen LogP contribution in [0.25, 0.3) is 23.3 Å². The van der Waals surface area contributed by atoms with E-state index in [4.69, 9.17) is 24.6 Å². The number of benzene rings is 6. The van der Waals surface area contributed by atoms with Crippen molar-refractivity contribution in [1.29, 1.82) is 0 Å². The van der Waals surface area contributed by atoms with E-state index in [2.05, 4.69) is 75.0 Å². The molecule has 6 aromatic rings. The second-order valence-corrected chi connectivity index (χ2v) is 15.5. The van der Waals surface area contributed by atoms with Crippen molar-refractivity contribution in [3.05, 3.63) is 184 Å². The number of alkyl halides is 2. The van der Waals surface area contributed by atoms with Crippen LogP contribution in [0.1, 0.15) is 82.1 Å². The number of unbranched alkanes of at least 4 members (excludes halogenated alkanes) is 4. The van der Waals surface area contributed by atoms with Gasteiger partial charge in [0.15, 0.2) is 0 Å². The lowest BCUT2D eigenvalue weighted by Gasteiger charge is -2.08. The first-order valence-corrected chi connectivity index (χ1v) is 26.9. The van der Waals surface area contributed by atoms with Crippen LogP contribution in [-0.2, 0) is 22.4 Å². The minimum atomic E-state index is -1.59. The number of carbonyl (C=O) groups is 2. The van der Waals surface area contributed by atoms with Gasteiger partial charge in [0.25, 0.3) is 0 Å². The Morgan fingerprint density at radius 2 is 0.957 bits per heavy atom. The second-order valence-electron chi connectivity index (χ2n) is 14.6. The maximum absolute atomic E-state index is 14.4. The van der Waals surface area contributed by atoms with E-state index in [9.17, 15) is 23.5 Å². The molecule has 6 aromatic carbocycles. The number of halogens is 5. The van der Waals surface area contributed by atoms with Gasteiger partial charge in [-0.1, -0.05) is 169 Å². The zero-order valence-corrected chi connectivity index (χ0v) is 44.5. The number of phenolic OH excluding ortho intramolecular Hbond substituents is 2. The van der Waals surface area contributed by atoms with Gasteiger partial charge in [0.05, 0.1) is 0 Å². The average molecular weight is 1230 g/mol. The van der Waals surface area contributed by atoms with E-state index in [-0.39, 0.29) is 36.0 Å². The van der Waals surface area contributed by atoms with E-state index in [1.54, 1.807) is 127 Å². The Labute approximate surface area is 443 Å². The third kappa shape index (κ3) is 25.0. The molecule has 0 saturated heterocycles. The highest BCUT2D eigenvalue weighted by atomic mass is 127. The van der Waals surface area contributed by atoms with Crippen LogP contribution in [0, 0.1) is 11.6 Å². The first kappa shape index (κ1) is 62.1. The molecule has 6 rings (SSSR count). The number of aryl methyl sites for hydroxylation is 2. The highest BCUT2D eigenvalue weighted by Gasteiger charge is 2.13. The Hall–Kier alpha value is -4.88. The molecule has 0 bridgehead atoms. The minimum absolute atomic E-state index is 0. The number of phenols is 2. The van der Waals surface area contributed by atoms with E-state index in [0.29, 0.717) is 23.5 Å². The predicted molar refractivity (Wildman–Crippen MR) is 301 cm³/mol. The van der Waals surface area contributed by atoms with Crippen molar-refractivity contribution in [2.24, 2.45) is 0 Å². The second kappa shape index (κ2) is 36.1. The van der Waals surface area contributed by atoms with E-state index in [1.807, 2.05) is 22.0 Å². The summed E-state index contributed by atoms with van der Waals surface area (Å²) in [5, 5.41) is 36.1. The summed E-state index contributed by atoms with van der Waals surface area (Å²) in [5.41, 5.74) is 4.83. The lowest BCUT2D eigenvalue weighted by atomic mass is 9.80. The first-order chi connectivity index (χ1) is 32.8. The molecular formula is C55H62BBrF2I2O8. The summed E-state index contributed by atoms with van der Waals surface area (Å²) in [7, 11) is -1.59. The average Bonchev–Trinajstić information content (AvgIpc) is 3.35. The van der Waals surface area contributed by atoms with Gasteiger partial charge < -0.3 is 29.7 Å². The van der Waals surface area contributed by atoms with Crippen LogP contribution in [0.15, 0.2) is 150 Å². The van der Waals surface area contributed by atoms with E-state index >= 15 is 0 Å². The summed E-state index contributed by atoms with van der Waals surface area (Å²) in [6.07, 6.45) is 13.7. The van der Waals surface area contributed by atoms with Crippen molar-refractivity contribution in [3.8, 4) is 34.1 Å². The molecule has 0 heterocycles. The predicted octanol–water partition coefficient (Wildman–Crippen LogP) is 14.3. The smallest absolute Gasteiger partial charge is 0.488 e. The lowest BCUT2D eigenvalue weighted by Crippen LogP contribution is -2.30. The number of carbonyl (C=O) groups excluding carboxylic acids is 2. The Morgan fingerprint density at radius 3 is 1.35 bits per heavy atom. The highest BCUT2D eigenvalue weighted by Crippen LogP contribution is 2.26. The maximum atomic E-state index is 14.4. The van der Waals surface area contributed by atoms with Crippen molar-refractivity contribution in [1.82, 2.24) is 0 Å². The van der Waals surface area contributed by atoms with Crippen LogP contribution < -0.4 is 14.9 Å². The molecule has 69 heavy (non-hydrogen) atoms. The van der Waals surface area contributed by atoms with Gasteiger partial charge in [-0.2, -0.15) is 0 Å². The van der Waals surface area contributed by atoms with E-state index < -0.39 is 19.1 Å². The van der Waals surface area contributed by atoms with E-state index in [0.717, 1.165) is 77.2 Å². The summed E-state index contributed by atoms with van der Waals surface area (Å²) >= 11 is 7.60. The standard InChI is InChI=1S/C26H25FO3.C15H11BrO3.C11H16BFO2.2CH3I.CH4/c1-2-3-4-5-21-9-10-22(18-25(21)27)20-11-15-24(16-12-20)30-26(29)17-8-19-6-13-23(28)14-7-19;16-12-4-8-14(9-5-12)19-15(18)10-3-11-1-6-13(17)7-2-11;1-2-3-4-5-9-6-7-10(12(14)15)8-11(9)13;2*1-2;/h6-18,28H,2-5H2,1H3;1-10,17H;6-8,14-15H,2-5H2,1H3;2*1H3;1H4/b17-8+;10-3+;;;;. The van der Waals surface area contributed by atoms with Crippen molar-refractivity contribution < 1.29 is 48.1 Å². The topological polar surface area (TPSA) is 134 Å². The molecule has 4 N–H and O–H groups in total. The van der Waals surface area contributed by atoms with Crippen molar-refractivity contribution in [2.75, 3.05) is 9.86 Å². The summed E-state index contributed by atoms with van der Waals surface area (Å²) in [6.45, 7) is 4.23. The summed E-state index contributed by atoms with van der Waals surface area (Å²) in [5.74, 6) is -0.224. The number of rotatable bonds is 16. The fourth-order valence-electron chi connectivity index (χ4n) is 6.01. The van der Waals surface area contributed by atoms with Crippen LogP contribution in [0.4, 0.5) is 8.78 Å². The van der Waals surface area contributed by atoms with Crippen LogP contribution in [-0.4, -0.2) is 49.2 Å². The maximum Gasteiger partial charge on any atom is 0.488 e. The first-order valence-electron chi connectivity index (χ1n) is 21.8. The van der Waals surface area contributed by atoms with Gasteiger partial charge in [-0.15, -0.1) is 0 Å². The fraction of sp³-hybridized carbons (Fsp3) is 0.236. The van der Waals surface area contributed by atoms with Crippen LogP contribution in [0.3, 0.4) is 0 Å². The molecule has 8 nitrogen and oxygen atoms in total. The molecule has 0 aliphatic heterocycles. The number of hydrogen-bond donors (Lipinski definition) is 4. The van der Waals surface area contributed by atoms with Gasteiger partial charge in [-0.25, -0.2) is 18.4 Å². The zero-order valence-electron chi connectivity index (χ0n) is 38.6. The fourth-order valence-corrected chi connectivity index (χ4v) is 6.27. The van der Waals surface area contributed by atoms with Gasteiger partial charge >= 0.3 is 19.1 Å². The Kier molecular flexibility index (Phi) is 32.5. The van der Waals surface area contributed by atoms with E-state index in [1.165, 1.54) is 18.2 Å². The summed E-state index contributed by atoms with van der Waals surface area (Å²) in [4.78, 5) is 27.5. The number of hydrogen-bond acceptors (Lipinski definition) is 8. The largest absolute Gasteiger partial charge is 0.508 e. The Bertz CT molecular complexity index is 2430. The zero-order chi connectivity index (χ0) is 50.3. The normalized spacial score (nSPS) is 10.1. The molecule has 0 unspecified atom stereocenters. The molecule has 368 valence electrons. The molecule has 0 aromatic heterocycles. The molecule has 0 radical (unpaired) electrons. The van der Waals surface area contributed by atoms with Crippen LogP contribution >= 0.6 is 61.1 Å². The molecular weight excluding hydrogens is 1170 g/mol. The van der Waals surface area contributed by atoms with Crippen molar-refractivity contribution in [2.45, 2.75) is 72.6 Å². The van der Waals surface area contributed by atoms with Gasteiger partial charge in [0.2, 0.25) is 0 Å². The molecule has 0 aliphatic rings. The third-order valence-corrected chi connectivity index (χ3v) is 10.1. The van der Waals surface area contributed by atoms with Gasteiger partial charge in [0.1, 0.15) is 34.6 Å². The minimum Gasteiger partial charge on any atom is -0.508 e. The highest BCUT2D eigenvalue weighted by molar-refractivity contribution is 14.1. The molecule has 0 fully saturated rings. The van der Waals surface area contributed by atoms with Gasteiger partial charge in [-0.05, 0) is 159 Å². The summed E-state index contributed by atoms with van der Waals surface area (Å²) in [6, 6.07) is 36.7. The molecule has 0 spiro atoms. The Balaban J connectivity index is 0.000000527. The Morgan fingerprint density at radius 1 is 0.565 bits per heavy atom. The van der Waals surface area contributed by atoms with Crippen molar-refractivity contribution in [3.63, 3.8) is 0 Å². The SMILES string of the molecule is C.CCCCCc1ccc(-c2ccc(OC(=O)/C=C/c3ccc(O)cc3)cc2)cc1F.CCCCCc1ccc(B(O)O)cc1F.CI.CI.O=C(/C=C/c1ccc(O)cc1)Oc1ccc(Br)cc1. The molecule has 14 heteroatoms. The quantitative estimate of drug-likeness (QED) is 0.0143. The number of ether oxygens (including phenoxy) is 2. The molecule has 0 amide bonds. The summed E-state index contributed by atoms with van der Waals surface area (Å²) < 4.78 is 39.1.